The summed E-state index contributed by atoms with van der Waals surface area (Å²) >= 11 is 0. The summed E-state index contributed by atoms with van der Waals surface area (Å²) in [6.45, 7) is 4.98. The number of anilines is 1. The molecule has 2 heterocycles. The molecule has 1 N–H and O–H groups in total. The number of esters is 1. The summed E-state index contributed by atoms with van der Waals surface area (Å²) < 4.78 is 6.98. The van der Waals surface area contributed by atoms with Gasteiger partial charge in [0.25, 0.3) is 0 Å². The Bertz CT molecular complexity index is 663. The number of carbonyl (C=O) groups is 1. The zero-order valence-corrected chi connectivity index (χ0v) is 12.3. The molecule has 110 valence electrons. The minimum absolute atomic E-state index is 0.239. The summed E-state index contributed by atoms with van der Waals surface area (Å²) in [6, 6.07) is 5.85. The maximum Gasteiger partial charge on any atom is 0.328 e. The number of rotatable bonds is 4. The third kappa shape index (κ3) is 2.39. The van der Waals surface area contributed by atoms with E-state index in [1.807, 2.05) is 24.5 Å². The van der Waals surface area contributed by atoms with Crippen LogP contribution in [0.3, 0.4) is 0 Å². The van der Waals surface area contributed by atoms with Crippen LogP contribution in [0.4, 0.5) is 5.69 Å². The van der Waals surface area contributed by atoms with Gasteiger partial charge in [0.2, 0.25) is 0 Å². The number of hydrogen-bond donors (Lipinski definition) is 1. The number of benzene rings is 1. The van der Waals surface area contributed by atoms with Crippen molar-refractivity contribution in [1.82, 2.24) is 9.55 Å². The van der Waals surface area contributed by atoms with Gasteiger partial charge in [0.15, 0.2) is 0 Å². The van der Waals surface area contributed by atoms with Gasteiger partial charge in [-0.25, -0.2) is 9.78 Å². The van der Waals surface area contributed by atoms with E-state index in [1.54, 1.807) is 12.5 Å². The van der Waals surface area contributed by atoms with Gasteiger partial charge in [-0.2, -0.15) is 0 Å². The Labute approximate surface area is 124 Å². The molecular weight excluding hydrogens is 266 g/mol. The number of aromatic nitrogens is 2. The summed E-state index contributed by atoms with van der Waals surface area (Å²) in [4.78, 5) is 16.2. The van der Waals surface area contributed by atoms with Crippen molar-refractivity contribution in [2.75, 3.05) is 18.5 Å². The predicted molar refractivity (Wildman–Crippen MR) is 81.2 cm³/mol. The fraction of sp³-hybridized carbons (Fsp3) is 0.375. The Balaban J connectivity index is 2.00. The Kier molecular flexibility index (Phi) is 3.64. The SMILES string of the molecule is CCOC(=O)C(C)n1cncc1-c1cccc2c1NCC2. The van der Waals surface area contributed by atoms with Crippen LogP contribution in [-0.4, -0.2) is 28.7 Å². The third-order valence-electron chi connectivity index (χ3n) is 3.83. The van der Waals surface area contributed by atoms with E-state index in [0.717, 1.165) is 29.9 Å². The lowest BCUT2D eigenvalue weighted by atomic mass is 10.0. The molecule has 0 radical (unpaired) electrons. The quantitative estimate of drug-likeness (QED) is 0.877. The van der Waals surface area contributed by atoms with Gasteiger partial charge in [-0.15, -0.1) is 0 Å². The number of carbonyl (C=O) groups excluding carboxylic acids is 1. The van der Waals surface area contributed by atoms with Crippen LogP contribution in [0.25, 0.3) is 11.3 Å². The molecule has 0 saturated heterocycles. The topological polar surface area (TPSA) is 56.2 Å². The highest BCUT2D eigenvalue weighted by atomic mass is 16.5. The third-order valence-corrected chi connectivity index (χ3v) is 3.83. The maximum atomic E-state index is 12.0. The number of ether oxygens (including phenoxy) is 1. The molecule has 1 aromatic carbocycles. The number of fused-ring (bicyclic) bond motifs is 1. The van der Waals surface area contributed by atoms with Gasteiger partial charge in [-0.1, -0.05) is 18.2 Å². The normalized spacial score (nSPS) is 14.4. The molecule has 1 unspecified atom stereocenters. The van der Waals surface area contributed by atoms with Crippen LogP contribution in [0, 0.1) is 0 Å². The Morgan fingerprint density at radius 1 is 1.52 bits per heavy atom. The Morgan fingerprint density at radius 2 is 2.38 bits per heavy atom. The number of nitrogens with zero attached hydrogens (tertiary/aromatic N) is 2. The van der Waals surface area contributed by atoms with Crippen molar-refractivity contribution >= 4 is 11.7 Å². The van der Waals surface area contributed by atoms with E-state index < -0.39 is 0 Å². The van der Waals surface area contributed by atoms with Gasteiger partial charge >= 0.3 is 5.97 Å². The molecule has 21 heavy (non-hydrogen) atoms. The predicted octanol–water partition coefficient (Wildman–Crippen LogP) is 2.64. The van der Waals surface area contributed by atoms with Gasteiger partial charge in [-0.05, 0) is 25.8 Å². The van der Waals surface area contributed by atoms with Crippen LogP contribution in [0.15, 0.2) is 30.7 Å². The summed E-state index contributed by atoms with van der Waals surface area (Å²) in [5.74, 6) is -0.239. The number of nitrogens with one attached hydrogen (secondary N) is 1. The summed E-state index contributed by atoms with van der Waals surface area (Å²) in [6.07, 6.45) is 4.52. The first-order valence-corrected chi connectivity index (χ1v) is 7.27. The van der Waals surface area contributed by atoms with Gasteiger partial charge in [-0.3, -0.25) is 0 Å². The van der Waals surface area contributed by atoms with Gasteiger partial charge in [0.1, 0.15) is 6.04 Å². The monoisotopic (exact) mass is 285 g/mol. The van der Waals surface area contributed by atoms with Crippen molar-refractivity contribution in [3.63, 3.8) is 0 Å². The van der Waals surface area contributed by atoms with E-state index in [4.69, 9.17) is 4.74 Å². The standard InChI is InChI=1S/C16H19N3O2/c1-3-21-16(20)11(2)19-10-17-9-14(19)13-6-4-5-12-7-8-18-15(12)13/h4-6,9-11,18H,3,7-8H2,1-2H3. The molecule has 1 aliphatic heterocycles. The number of hydrogen-bond acceptors (Lipinski definition) is 4. The summed E-state index contributed by atoms with van der Waals surface area (Å²) in [5.41, 5.74) is 4.47. The second-order valence-electron chi connectivity index (χ2n) is 5.13. The van der Waals surface area contributed by atoms with Gasteiger partial charge < -0.3 is 14.6 Å². The zero-order chi connectivity index (χ0) is 14.8. The minimum atomic E-state index is -0.389. The summed E-state index contributed by atoms with van der Waals surface area (Å²) in [7, 11) is 0. The molecule has 0 bridgehead atoms. The molecule has 5 nitrogen and oxygen atoms in total. The first-order valence-electron chi connectivity index (χ1n) is 7.27. The first kappa shape index (κ1) is 13.7. The van der Waals surface area contributed by atoms with Crippen molar-refractivity contribution in [1.29, 1.82) is 0 Å². The smallest absolute Gasteiger partial charge is 0.328 e. The molecule has 1 aliphatic rings. The van der Waals surface area contributed by atoms with Gasteiger partial charge in [0, 0.05) is 17.8 Å². The Morgan fingerprint density at radius 3 is 3.19 bits per heavy atom. The van der Waals surface area contributed by atoms with Crippen LogP contribution >= 0.6 is 0 Å². The van der Waals surface area contributed by atoms with Crippen LogP contribution in [-0.2, 0) is 16.0 Å². The second kappa shape index (κ2) is 5.60. The molecule has 0 spiro atoms. The molecule has 0 aliphatic carbocycles. The summed E-state index contributed by atoms with van der Waals surface area (Å²) in [5, 5.41) is 3.42. The van der Waals surface area contributed by atoms with Crippen molar-refractivity contribution in [3.05, 3.63) is 36.3 Å². The highest BCUT2D eigenvalue weighted by Crippen LogP contribution is 2.35. The van der Waals surface area contributed by atoms with Crippen LogP contribution in [0.1, 0.15) is 25.5 Å². The van der Waals surface area contributed by atoms with E-state index in [-0.39, 0.29) is 12.0 Å². The fourth-order valence-corrected chi connectivity index (χ4v) is 2.75. The number of para-hydroxylation sites is 1. The molecule has 1 aromatic heterocycles. The van der Waals surface area contributed by atoms with Crippen LogP contribution in [0.2, 0.25) is 0 Å². The van der Waals surface area contributed by atoms with Crippen molar-refractivity contribution < 1.29 is 9.53 Å². The van der Waals surface area contributed by atoms with Crippen LogP contribution in [0.5, 0.6) is 0 Å². The second-order valence-corrected chi connectivity index (χ2v) is 5.13. The first-order chi connectivity index (χ1) is 10.2. The highest BCUT2D eigenvalue weighted by Gasteiger charge is 2.22. The van der Waals surface area contributed by atoms with Crippen molar-refractivity contribution in [3.8, 4) is 11.3 Å². The van der Waals surface area contributed by atoms with Crippen molar-refractivity contribution in [2.45, 2.75) is 26.3 Å². The lowest BCUT2D eigenvalue weighted by Crippen LogP contribution is -2.19. The fourth-order valence-electron chi connectivity index (χ4n) is 2.75. The number of imidazole rings is 1. The maximum absolute atomic E-state index is 12.0. The minimum Gasteiger partial charge on any atom is -0.464 e. The molecule has 3 rings (SSSR count). The van der Waals surface area contributed by atoms with E-state index in [0.29, 0.717) is 6.61 Å². The van der Waals surface area contributed by atoms with Gasteiger partial charge in [0.05, 0.1) is 24.8 Å². The average Bonchev–Trinajstić information content (AvgIpc) is 3.15. The van der Waals surface area contributed by atoms with E-state index in [2.05, 4.69) is 22.4 Å². The van der Waals surface area contributed by atoms with Crippen LogP contribution < -0.4 is 5.32 Å². The molecular formula is C16H19N3O2. The van der Waals surface area contributed by atoms with E-state index >= 15 is 0 Å². The van der Waals surface area contributed by atoms with E-state index in [9.17, 15) is 4.79 Å². The Hall–Kier alpha value is -2.30. The lowest BCUT2D eigenvalue weighted by molar-refractivity contribution is -0.146. The highest BCUT2D eigenvalue weighted by molar-refractivity contribution is 5.81. The molecule has 0 fully saturated rings. The lowest BCUT2D eigenvalue weighted by Gasteiger charge is -2.17. The molecule has 5 heteroatoms. The average molecular weight is 285 g/mol. The molecule has 0 amide bonds. The molecule has 0 saturated carbocycles. The largest absolute Gasteiger partial charge is 0.464 e. The molecule has 1 atom stereocenters. The zero-order valence-electron chi connectivity index (χ0n) is 12.3. The van der Waals surface area contributed by atoms with E-state index in [1.165, 1.54) is 5.56 Å². The van der Waals surface area contributed by atoms with Crippen molar-refractivity contribution in [2.24, 2.45) is 0 Å². The molecule has 2 aromatic rings.